The zero-order valence-corrected chi connectivity index (χ0v) is 12.6. The topological polar surface area (TPSA) is 114 Å². The van der Waals surface area contributed by atoms with Crippen LogP contribution < -0.4 is 11.0 Å². The van der Waals surface area contributed by atoms with Gasteiger partial charge in [0.25, 0.3) is 0 Å². The fourth-order valence-corrected chi connectivity index (χ4v) is 2.24. The Balaban J connectivity index is 2.34. The molecule has 0 unspecified atom stereocenters. The molecule has 0 saturated carbocycles. The standard InChI is InChI=1S/C10H11FN3O5.Al.2H/c11-10(4-19-6(3-15)8(10)17)14-2-1-7(12-5-16)13-9(14)18;;;/h1-2,6,8,15,17H,3-4H2,(H,12,13,16,18);;;/t6-,8-,10-;;;/m1.../s1. The summed E-state index contributed by atoms with van der Waals surface area (Å²) in [5.41, 5.74) is -0.971. The van der Waals surface area contributed by atoms with Crippen molar-refractivity contribution in [3.63, 3.8) is 0 Å². The lowest BCUT2D eigenvalue weighted by Crippen LogP contribution is -2.48. The van der Waals surface area contributed by atoms with E-state index in [-0.39, 0.29) is 26.9 Å². The Bertz CT molecular complexity index is 582. The van der Waals surface area contributed by atoms with Crippen LogP contribution in [0, 0.1) is 0 Å². The molecular formula is C10H13AlFN3O5. The molecule has 2 rings (SSSR count). The maximum atomic E-state index is 14.7. The van der Waals surface area contributed by atoms with Crippen LogP contribution >= 0.6 is 0 Å². The van der Waals surface area contributed by atoms with Crippen molar-refractivity contribution >= 4 is 26.9 Å². The highest BCUT2D eigenvalue weighted by Gasteiger charge is 2.52. The third-order valence-electron chi connectivity index (χ3n) is 2.99. The number of halogens is 1. The van der Waals surface area contributed by atoms with Gasteiger partial charge in [-0.1, -0.05) is 0 Å². The summed E-state index contributed by atoms with van der Waals surface area (Å²) in [4.78, 5) is 26.2. The summed E-state index contributed by atoms with van der Waals surface area (Å²) in [5.74, 6) is -2.48. The molecule has 1 saturated heterocycles. The zero-order chi connectivity index (χ0) is 14.9. The molecular weight excluding hydrogens is 288 g/mol. The van der Waals surface area contributed by atoms with E-state index in [1.165, 1.54) is 6.07 Å². The maximum absolute atomic E-state index is 14.7. The minimum atomic E-state index is -2.50. The van der Waals surface area contributed by atoms with Gasteiger partial charge in [0.15, 0.2) is 0 Å². The summed E-state index contributed by atoms with van der Waals surface area (Å²) in [6.45, 7) is -1.14. The first-order chi connectivity index (χ1) is 9.38. The number of carbonyl (C=O) groups is 1. The number of carbonyl (C=O) groups excluding carboxylic acids is 1. The SMILES string of the molecule is O=[C]([AlH2])Nc1ccn([C@]2(F)CO[C@H](CO)[C@H]2O)c(=O)n1. The number of rotatable bonds is 3. The van der Waals surface area contributed by atoms with Gasteiger partial charge in [-0.3, -0.25) is 9.36 Å². The molecule has 0 bridgehead atoms. The molecule has 0 radical (unpaired) electrons. The van der Waals surface area contributed by atoms with Crippen LogP contribution in [0.2, 0.25) is 0 Å². The molecule has 1 aromatic rings. The number of alkyl halides is 1. The number of aliphatic hydroxyl groups is 2. The Morgan fingerprint density at radius 1 is 1.75 bits per heavy atom. The van der Waals surface area contributed by atoms with Crippen molar-refractivity contribution < 1.29 is 24.1 Å². The first kappa shape index (κ1) is 15.1. The second kappa shape index (κ2) is 5.59. The quantitative estimate of drug-likeness (QED) is 0.545. The Morgan fingerprint density at radius 2 is 2.45 bits per heavy atom. The Hall–Kier alpha value is -1.31. The van der Waals surface area contributed by atoms with E-state index in [2.05, 4.69) is 10.3 Å². The molecule has 3 N–H and O–H groups in total. The average molecular weight is 301 g/mol. The van der Waals surface area contributed by atoms with Crippen LogP contribution in [0.15, 0.2) is 17.1 Å². The van der Waals surface area contributed by atoms with Crippen molar-refractivity contribution in [2.24, 2.45) is 0 Å². The molecule has 8 nitrogen and oxygen atoms in total. The minimum Gasteiger partial charge on any atom is -0.394 e. The second-order valence-corrected chi connectivity index (χ2v) is 5.35. The molecule has 0 spiro atoms. The number of aromatic nitrogens is 2. The van der Waals surface area contributed by atoms with Crippen LogP contribution in [-0.4, -0.2) is 66.2 Å². The summed E-state index contributed by atoms with van der Waals surface area (Å²) < 4.78 is 19.9. The van der Waals surface area contributed by atoms with E-state index in [1.807, 2.05) is 0 Å². The highest BCUT2D eigenvalue weighted by atomic mass is 27.0. The number of aliphatic hydroxyl groups excluding tert-OH is 2. The van der Waals surface area contributed by atoms with E-state index in [0.29, 0.717) is 4.57 Å². The molecule has 3 atom stereocenters. The average Bonchev–Trinajstić information content (AvgIpc) is 2.66. The van der Waals surface area contributed by atoms with Gasteiger partial charge in [0, 0.05) is 6.20 Å². The van der Waals surface area contributed by atoms with Crippen molar-refractivity contribution in [1.29, 1.82) is 0 Å². The normalized spacial score (nSPS) is 29.4. The molecule has 1 aliphatic rings. The highest BCUT2D eigenvalue weighted by molar-refractivity contribution is 6.60. The Labute approximate surface area is 120 Å². The number of hydrogen-bond donors (Lipinski definition) is 3. The minimum absolute atomic E-state index is 0.0157. The van der Waals surface area contributed by atoms with Gasteiger partial charge in [-0.2, -0.15) is 4.98 Å². The van der Waals surface area contributed by atoms with E-state index in [9.17, 15) is 19.1 Å². The van der Waals surface area contributed by atoms with Crippen molar-refractivity contribution in [2.45, 2.75) is 18.0 Å². The maximum Gasteiger partial charge on any atom is 0.355 e. The number of nitrogens with one attached hydrogen (secondary N) is 1. The van der Waals surface area contributed by atoms with E-state index >= 15 is 0 Å². The first-order valence-electron chi connectivity index (χ1n) is 5.85. The van der Waals surface area contributed by atoms with Gasteiger partial charge in [0.05, 0.1) is 6.61 Å². The molecule has 108 valence electrons. The fourth-order valence-electron chi connectivity index (χ4n) is 1.99. The fraction of sp³-hybridized carbons (Fsp3) is 0.500. The van der Waals surface area contributed by atoms with E-state index < -0.39 is 36.9 Å². The molecule has 2 heterocycles. The molecule has 0 aliphatic carbocycles. The van der Waals surface area contributed by atoms with Gasteiger partial charge >= 0.3 is 22.0 Å². The summed E-state index contributed by atoms with van der Waals surface area (Å²) in [6.07, 6.45) is -1.71. The highest BCUT2D eigenvalue weighted by Crippen LogP contribution is 2.32. The predicted octanol–water partition coefficient (Wildman–Crippen LogP) is -2.22. The molecule has 0 aromatic carbocycles. The number of amides is 1. The molecule has 1 fully saturated rings. The number of nitrogens with zero attached hydrogens (tertiary/aromatic N) is 2. The van der Waals surface area contributed by atoms with Gasteiger partial charge in [-0.25, -0.2) is 9.18 Å². The summed E-state index contributed by atoms with van der Waals surface area (Å²) >= 11 is 0.235. The lowest BCUT2D eigenvalue weighted by atomic mass is 10.1. The van der Waals surface area contributed by atoms with Crippen molar-refractivity contribution in [3.8, 4) is 0 Å². The monoisotopic (exact) mass is 301 g/mol. The van der Waals surface area contributed by atoms with Gasteiger partial charge in [0.1, 0.15) is 29.4 Å². The Kier molecular flexibility index (Phi) is 4.22. The molecule has 10 heteroatoms. The second-order valence-electron chi connectivity index (χ2n) is 4.44. The molecule has 1 aromatic heterocycles. The first-order valence-corrected chi connectivity index (χ1v) is 6.85. The van der Waals surface area contributed by atoms with E-state index in [1.54, 1.807) is 0 Å². The third kappa shape index (κ3) is 2.61. The number of hydrogen-bond acceptors (Lipinski definition) is 6. The number of anilines is 1. The predicted molar refractivity (Wildman–Crippen MR) is 68.0 cm³/mol. The van der Waals surface area contributed by atoms with Crippen LogP contribution in [-0.2, 0) is 10.5 Å². The zero-order valence-electron chi connectivity index (χ0n) is 10.6. The Morgan fingerprint density at radius 3 is 2.95 bits per heavy atom. The van der Waals surface area contributed by atoms with Crippen LogP contribution in [0.25, 0.3) is 0 Å². The van der Waals surface area contributed by atoms with Gasteiger partial charge in [0.2, 0.25) is 5.79 Å². The third-order valence-corrected chi connectivity index (χ3v) is 3.24. The van der Waals surface area contributed by atoms with Crippen LogP contribution in [0.1, 0.15) is 0 Å². The summed E-state index contributed by atoms with van der Waals surface area (Å²) in [7, 11) is 0. The van der Waals surface area contributed by atoms with Gasteiger partial charge in [-0.05, 0) is 6.07 Å². The van der Waals surface area contributed by atoms with Crippen molar-refractivity contribution in [3.05, 3.63) is 22.7 Å². The lowest BCUT2D eigenvalue weighted by molar-refractivity contribution is -0.0509. The van der Waals surface area contributed by atoms with E-state index in [0.717, 1.165) is 6.20 Å². The van der Waals surface area contributed by atoms with Crippen LogP contribution in [0.3, 0.4) is 0 Å². The molecule has 1 amide bonds. The molecule has 20 heavy (non-hydrogen) atoms. The van der Waals surface area contributed by atoms with E-state index in [4.69, 9.17) is 9.84 Å². The molecule has 1 aliphatic heterocycles. The van der Waals surface area contributed by atoms with Gasteiger partial charge < -0.3 is 20.3 Å². The van der Waals surface area contributed by atoms with Crippen LogP contribution in [0.5, 0.6) is 0 Å². The summed E-state index contributed by atoms with van der Waals surface area (Å²) in [6, 6.07) is 1.25. The largest absolute Gasteiger partial charge is 0.394 e. The van der Waals surface area contributed by atoms with Crippen LogP contribution in [0.4, 0.5) is 15.0 Å². The smallest absolute Gasteiger partial charge is 0.355 e. The van der Waals surface area contributed by atoms with Crippen molar-refractivity contribution in [1.82, 2.24) is 9.55 Å². The summed E-state index contributed by atoms with van der Waals surface area (Å²) in [5, 5.41) is 21.1. The van der Waals surface area contributed by atoms with Gasteiger partial charge in [-0.15, -0.1) is 0 Å². The number of ether oxygens (including phenoxy) is 1. The lowest BCUT2D eigenvalue weighted by Gasteiger charge is -2.25. The van der Waals surface area contributed by atoms with Crippen molar-refractivity contribution in [2.75, 3.05) is 18.5 Å².